The summed E-state index contributed by atoms with van der Waals surface area (Å²) < 4.78 is 0. The minimum absolute atomic E-state index is 1.01. The average Bonchev–Trinajstić information content (AvgIpc) is 1.69. The maximum absolute atomic E-state index is 5.46. The van der Waals surface area contributed by atoms with Crippen molar-refractivity contribution in [3.63, 3.8) is 0 Å². The summed E-state index contributed by atoms with van der Waals surface area (Å²) in [5.41, 5.74) is 5.46. The van der Waals surface area contributed by atoms with Crippen molar-refractivity contribution in [2.45, 2.75) is 12.8 Å². The van der Waals surface area contributed by atoms with Gasteiger partial charge in [-0.1, -0.05) is 6.08 Å². The van der Waals surface area contributed by atoms with Crippen LogP contribution in [0.2, 0.25) is 0 Å². The number of allylic oxidation sites excluding steroid dienone is 1. The molecule has 0 radical (unpaired) electrons. The molecule has 7 heavy (non-hydrogen) atoms. The zero-order valence-corrected chi connectivity index (χ0v) is 5.00. The van der Waals surface area contributed by atoms with E-state index in [0.717, 1.165) is 5.03 Å². The molecule has 0 aromatic carbocycles. The Balaban J connectivity index is 2.40. The highest BCUT2D eigenvalue weighted by atomic mass is 32.2. The van der Waals surface area contributed by atoms with Crippen molar-refractivity contribution in [1.29, 1.82) is 0 Å². The molecule has 1 aliphatic rings. The predicted octanol–water partition coefficient (Wildman–Crippen LogP) is 1.31. The highest BCUT2D eigenvalue weighted by molar-refractivity contribution is 8.03. The molecule has 0 amide bonds. The van der Waals surface area contributed by atoms with Gasteiger partial charge in [0.2, 0.25) is 0 Å². The fourth-order valence-electron chi connectivity index (χ4n) is 0.577. The van der Waals surface area contributed by atoms with Crippen molar-refractivity contribution in [2.24, 2.45) is 5.73 Å². The molecule has 0 aliphatic carbocycles. The molecule has 1 nitrogen and oxygen atoms in total. The van der Waals surface area contributed by atoms with Crippen LogP contribution in [0.5, 0.6) is 0 Å². The van der Waals surface area contributed by atoms with Crippen molar-refractivity contribution in [2.75, 3.05) is 5.75 Å². The molecule has 0 spiro atoms. The molecule has 40 valence electrons. The van der Waals surface area contributed by atoms with Gasteiger partial charge in [0, 0.05) is 0 Å². The Hall–Kier alpha value is -0.110. The largest absolute Gasteiger partial charge is 0.394 e. The Kier molecular flexibility index (Phi) is 1.63. The molecular weight excluding hydrogens is 106 g/mol. The Bertz CT molecular complexity index is 88.1. The third-order valence-electron chi connectivity index (χ3n) is 0.963. The second kappa shape index (κ2) is 2.26. The monoisotopic (exact) mass is 115 g/mol. The normalized spacial score (nSPS) is 21.4. The summed E-state index contributed by atoms with van der Waals surface area (Å²) in [6.07, 6.45) is 4.57. The van der Waals surface area contributed by atoms with Crippen LogP contribution < -0.4 is 5.73 Å². The molecule has 0 aromatic heterocycles. The van der Waals surface area contributed by atoms with Crippen LogP contribution in [0, 0.1) is 0 Å². The van der Waals surface area contributed by atoms with Gasteiger partial charge in [-0.05, 0) is 18.6 Å². The van der Waals surface area contributed by atoms with Crippen LogP contribution in [0.25, 0.3) is 0 Å². The predicted molar refractivity (Wildman–Crippen MR) is 34.0 cm³/mol. The van der Waals surface area contributed by atoms with Crippen molar-refractivity contribution in [3.8, 4) is 0 Å². The van der Waals surface area contributed by atoms with Crippen molar-refractivity contribution >= 4 is 11.8 Å². The topological polar surface area (TPSA) is 26.0 Å². The first kappa shape index (κ1) is 5.04. The third-order valence-corrected chi connectivity index (χ3v) is 1.96. The van der Waals surface area contributed by atoms with Crippen LogP contribution in [0.15, 0.2) is 11.1 Å². The minimum atomic E-state index is 1.01. The summed E-state index contributed by atoms with van der Waals surface area (Å²) in [4.78, 5) is 0. The van der Waals surface area contributed by atoms with Gasteiger partial charge in [0.15, 0.2) is 0 Å². The second-order valence-corrected chi connectivity index (χ2v) is 2.77. The summed E-state index contributed by atoms with van der Waals surface area (Å²) in [7, 11) is 0. The smallest absolute Gasteiger partial charge is 0.0614 e. The fraction of sp³-hybridized carbons (Fsp3) is 0.600. The summed E-state index contributed by atoms with van der Waals surface area (Å²) in [5, 5.41) is 1.01. The van der Waals surface area contributed by atoms with E-state index in [-0.39, 0.29) is 0 Å². The van der Waals surface area contributed by atoms with Crippen molar-refractivity contribution in [3.05, 3.63) is 11.1 Å². The van der Waals surface area contributed by atoms with Gasteiger partial charge < -0.3 is 5.73 Å². The molecule has 0 atom stereocenters. The molecule has 1 rings (SSSR count). The standard InChI is InChI=1S/C5H9NS/c6-5-3-1-2-4-7-5/h3H,1-2,4,6H2. The van der Waals surface area contributed by atoms with Gasteiger partial charge in [0.25, 0.3) is 0 Å². The molecule has 1 heterocycles. The number of rotatable bonds is 0. The van der Waals surface area contributed by atoms with E-state index in [1.54, 1.807) is 11.8 Å². The quantitative estimate of drug-likeness (QED) is 0.515. The molecular formula is C5H9NS. The number of thioether (sulfide) groups is 1. The summed E-state index contributed by atoms with van der Waals surface area (Å²) in [5.74, 6) is 1.21. The molecule has 0 bridgehead atoms. The Morgan fingerprint density at radius 3 is 2.86 bits per heavy atom. The van der Waals surface area contributed by atoms with Crippen LogP contribution in [0.3, 0.4) is 0 Å². The maximum Gasteiger partial charge on any atom is 0.0614 e. The van der Waals surface area contributed by atoms with Gasteiger partial charge in [0.1, 0.15) is 0 Å². The molecule has 0 aromatic rings. The Labute approximate surface area is 48.0 Å². The van der Waals surface area contributed by atoms with E-state index < -0.39 is 0 Å². The van der Waals surface area contributed by atoms with Gasteiger partial charge in [-0.15, -0.1) is 11.8 Å². The van der Waals surface area contributed by atoms with Crippen LogP contribution in [0.1, 0.15) is 12.8 Å². The van der Waals surface area contributed by atoms with E-state index in [4.69, 9.17) is 5.73 Å². The lowest BCUT2D eigenvalue weighted by Gasteiger charge is -2.04. The highest BCUT2D eigenvalue weighted by Crippen LogP contribution is 2.18. The first-order valence-electron chi connectivity index (χ1n) is 2.48. The minimum Gasteiger partial charge on any atom is -0.394 e. The first-order valence-corrected chi connectivity index (χ1v) is 3.46. The highest BCUT2D eigenvalue weighted by Gasteiger charge is 1.96. The van der Waals surface area contributed by atoms with Gasteiger partial charge in [-0.3, -0.25) is 0 Å². The van der Waals surface area contributed by atoms with Gasteiger partial charge in [-0.2, -0.15) is 0 Å². The van der Waals surface area contributed by atoms with E-state index in [1.165, 1.54) is 18.6 Å². The van der Waals surface area contributed by atoms with Gasteiger partial charge >= 0.3 is 0 Å². The van der Waals surface area contributed by atoms with Crippen LogP contribution in [-0.4, -0.2) is 5.75 Å². The van der Waals surface area contributed by atoms with Crippen molar-refractivity contribution < 1.29 is 0 Å². The molecule has 1 aliphatic heterocycles. The zero-order valence-electron chi connectivity index (χ0n) is 4.18. The van der Waals surface area contributed by atoms with E-state index in [2.05, 4.69) is 6.08 Å². The summed E-state index contributed by atoms with van der Waals surface area (Å²) in [6, 6.07) is 0. The average molecular weight is 115 g/mol. The number of nitrogens with two attached hydrogens (primary N) is 1. The summed E-state index contributed by atoms with van der Waals surface area (Å²) >= 11 is 1.76. The first-order chi connectivity index (χ1) is 3.39. The molecule has 0 unspecified atom stereocenters. The Morgan fingerprint density at radius 2 is 2.57 bits per heavy atom. The molecule has 2 heteroatoms. The number of hydrogen-bond donors (Lipinski definition) is 1. The van der Waals surface area contributed by atoms with Crippen LogP contribution in [-0.2, 0) is 0 Å². The lowest BCUT2D eigenvalue weighted by molar-refractivity contribution is 0.954. The third kappa shape index (κ3) is 1.43. The van der Waals surface area contributed by atoms with E-state index in [9.17, 15) is 0 Å². The van der Waals surface area contributed by atoms with Gasteiger partial charge in [0.05, 0.1) is 5.03 Å². The lowest BCUT2D eigenvalue weighted by atomic mass is 10.3. The molecule has 0 fully saturated rings. The van der Waals surface area contributed by atoms with E-state index in [0.29, 0.717) is 0 Å². The number of hydrogen-bond acceptors (Lipinski definition) is 2. The SMILES string of the molecule is NC1=CCCCS1. The van der Waals surface area contributed by atoms with Crippen LogP contribution >= 0.6 is 11.8 Å². The van der Waals surface area contributed by atoms with Crippen molar-refractivity contribution in [1.82, 2.24) is 0 Å². The van der Waals surface area contributed by atoms with Crippen LogP contribution in [0.4, 0.5) is 0 Å². The van der Waals surface area contributed by atoms with E-state index >= 15 is 0 Å². The Morgan fingerprint density at radius 1 is 1.71 bits per heavy atom. The maximum atomic E-state index is 5.46. The molecule has 2 N–H and O–H groups in total. The summed E-state index contributed by atoms with van der Waals surface area (Å²) in [6.45, 7) is 0. The zero-order chi connectivity index (χ0) is 5.11. The lowest BCUT2D eigenvalue weighted by Crippen LogP contribution is -1.97. The van der Waals surface area contributed by atoms with E-state index in [1.807, 2.05) is 0 Å². The van der Waals surface area contributed by atoms with Gasteiger partial charge in [-0.25, -0.2) is 0 Å². The fourth-order valence-corrected chi connectivity index (χ4v) is 1.36. The molecule has 0 saturated carbocycles. The second-order valence-electron chi connectivity index (χ2n) is 1.60. The molecule has 0 saturated heterocycles.